The second-order valence-electron chi connectivity index (χ2n) is 4.32. The number of hydrogen-bond donors (Lipinski definition) is 1. The molecule has 1 aromatic carbocycles. The molecule has 114 valence electrons. The number of hydrogen-bond acceptors (Lipinski definition) is 6. The van der Waals surface area contributed by atoms with E-state index >= 15 is 0 Å². The molecule has 0 spiro atoms. The fraction of sp³-hybridized carbons (Fsp3) is 0.200. The molecular formula is C15H15N3O4. The largest absolute Gasteiger partial charge is 0.497 e. The van der Waals surface area contributed by atoms with E-state index in [4.69, 9.17) is 25.2 Å². The number of benzene rings is 1. The monoisotopic (exact) mass is 301 g/mol. The van der Waals surface area contributed by atoms with Gasteiger partial charge in [-0.2, -0.15) is 5.26 Å². The Morgan fingerprint density at radius 2 is 2.00 bits per heavy atom. The van der Waals surface area contributed by atoms with Crippen molar-refractivity contribution >= 4 is 11.7 Å². The summed E-state index contributed by atoms with van der Waals surface area (Å²) < 4.78 is 16.7. The summed E-state index contributed by atoms with van der Waals surface area (Å²) in [4.78, 5) is 12.0. The minimum atomic E-state index is -0.642. The summed E-state index contributed by atoms with van der Waals surface area (Å²) in [5.41, 5.74) is 6.72. The highest BCUT2D eigenvalue weighted by Gasteiger charge is 2.23. The number of carbonyl (C=O) groups excluding carboxylic acids is 1. The maximum Gasteiger partial charge on any atom is 0.357 e. The fourth-order valence-electron chi connectivity index (χ4n) is 2.09. The van der Waals surface area contributed by atoms with E-state index in [0.717, 1.165) is 0 Å². The zero-order chi connectivity index (χ0) is 16.3. The molecule has 0 bridgehead atoms. The van der Waals surface area contributed by atoms with Crippen molar-refractivity contribution in [2.75, 3.05) is 27.1 Å². The Kier molecular flexibility index (Phi) is 4.23. The number of ether oxygens (including phenoxy) is 3. The summed E-state index contributed by atoms with van der Waals surface area (Å²) in [5.74, 6) is 0.418. The fourth-order valence-corrected chi connectivity index (χ4v) is 2.09. The molecule has 0 saturated heterocycles. The van der Waals surface area contributed by atoms with E-state index in [1.807, 2.05) is 6.07 Å². The summed E-state index contributed by atoms with van der Waals surface area (Å²) in [6.07, 6.45) is 1.46. The van der Waals surface area contributed by atoms with Crippen molar-refractivity contribution in [3.05, 3.63) is 35.7 Å². The Balaban J connectivity index is 2.72. The van der Waals surface area contributed by atoms with Crippen LogP contribution in [0.4, 0.5) is 5.69 Å². The van der Waals surface area contributed by atoms with E-state index in [1.165, 1.54) is 32.1 Å². The molecule has 0 fully saturated rings. The van der Waals surface area contributed by atoms with Crippen LogP contribution >= 0.6 is 0 Å². The smallest absolute Gasteiger partial charge is 0.357 e. The van der Waals surface area contributed by atoms with Crippen LogP contribution in [0, 0.1) is 11.3 Å². The molecule has 22 heavy (non-hydrogen) atoms. The van der Waals surface area contributed by atoms with Crippen LogP contribution in [-0.4, -0.2) is 31.9 Å². The number of nitrogen functional groups attached to an aromatic ring is 1. The molecule has 0 amide bonds. The third-order valence-electron chi connectivity index (χ3n) is 3.19. The van der Waals surface area contributed by atoms with Gasteiger partial charge in [-0.15, -0.1) is 0 Å². The molecule has 0 aliphatic rings. The molecule has 2 aromatic rings. The lowest BCUT2D eigenvalue weighted by molar-refractivity contribution is 0.0593. The van der Waals surface area contributed by atoms with Crippen LogP contribution in [0.5, 0.6) is 11.5 Å². The Morgan fingerprint density at radius 1 is 1.27 bits per heavy atom. The van der Waals surface area contributed by atoms with E-state index < -0.39 is 5.97 Å². The van der Waals surface area contributed by atoms with Gasteiger partial charge in [-0.1, -0.05) is 0 Å². The molecule has 0 unspecified atom stereocenters. The van der Waals surface area contributed by atoms with Gasteiger partial charge in [0.15, 0.2) is 5.69 Å². The number of rotatable bonds is 4. The third kappa shape index (κ3) is 2.42. The molecule has 1 aromatic heterocycles. The molecule has 7 nitrogen and oxygen atoms in total. The molecular weight excluding hydrogens is 286 g/mol. The lowest BCUT2D eigenvalue weighted by Crippen LogP contribution is -2.11. The number of nitrogens with two attached hydrogens (primary N) is 1. The van der Waals surface area contributed by atoms with Gasteiger partial charge >= 0.3 is 5.97 Å². The molecule has 2 N–H and O–H groups in total. The molecule has 1 heterocycles. The molecule has 0 saturated carbocycles. The van der Waals surface area contributed by atoms with Gasteiger partial charge < -0.3 is 24.5 Å². The quantitative estimate of drug-likeness (QED) is 0.863. The van der Waals surface area contributed by atoms with Crippen LogP contribution in [0.15, 0.2) is 24.4 Å². The van der Waals surface area contributed by atoms with E-state index in [-0.39, 0.29) is 16.9 Å². The van der Waals surface area contributed by atoms with Gasteiger partial charge in [0.05, 0.1) is 38.3 Å². The zero-order valence-corrected chi connectivity index (χ0v) is 12.4. The van der Waals surface area contributed by atoms with Crippen LogP contribution in [0.1, 0.15) is 16.1 Å². The molecule has 0 aliphatic heterocycles. The summed E-state index contributed by atoms with van der Waals surface area (Å²) >= 11 is 0. The van der Waals surface area contributed by atoms with Crippen molar-refractivity contribution in [3.63, 3.8) is 0 Å². The summed E-state index contributed by atoms with van der Waals surface area (Å²) in [6, 6.07) is 7.02. The zero-order valence-electron chi connectivity index (χ0n) is 12.4. The second kappa shape index (κ2) is 6.10. The van der Waals surface area contributed by atoms with Crippen molar-refractivity contribution < 1.29 is 19.0 Å². The maximum atomic E-state index is 12.0. The summed E-state index contributed by atoms with van der Waals surface area (Å²) in [6.45, 7) is 0. The number of nitriles is 1. The topological polar surface area (TPSA) is 99.5 Å². The predicted octanol–water partition coefficient (Wildman–Crippen LogP) is 1.73. The van der Waals surface area contributed by atoms with Crippen molar-refractivity contribution in [2.45, 2.75) is 0 Å². The van der Waals surface area contributed by atoms with Crippen LogP contribution in [0.3, 0.4) is 0 Å². The van der Waals surface area contributed by atoms with Crippen LogP contribution in [0.25, 0.3) is 5.69 Å². The lowest BCUT2D eigenvalue weighted by atomic mass is 10.2. The predicted molar refractivity (Wildman–Crippen MR) is 79.3 cm³/mol. The summed E-state index contributed by atoms with van der Waals surface area (Å²) in [7, 11) is 4.28. The second-order valence-corrected chi connectivity index (χ2v) is 4.32. The normalized spacial score (nSPS) is 9.91. The Bertz CT molecular complexity index is 759. The highest BCUT2D eigenvalue weighted by atomic mass is 16.5. The first-order valence-corrected chi connectivity index (χ1v) is 6.29. The first-order chi connectivity index (χ1) is 10.6. The molecule has 0 atom stereocenters. The van der Waals surface area contributed by atoms with E-state index in [2.05, 4.69) is 0 Å². The SMILES string of the molecule is COC(=O)c1c(N)c(C#N)cn1-c1ccc(OC)cc1OC. The van der Waals surface area contributed by atoms with Crippen molar-refractivity contribution in [1.29, 1.82) is 5.26 Å². The average molecular weight is 301 g/mol. The number of aromatic nitrogens is 1. The number of nitrogens with zero attached hydrogens (tertiary/aromatic N) is 2. The Labute approximate surface area is 127 Å². The van der Waals surface area contributed by atoms with Gasteiger partial charge in [-0.05, 0) is 12.1 Å². The minimum absolute atomic E-state index is 0.0622. The molecule has 0 radical (unpaired) electrons. The highest BCUT2D eigenvalue weighted by molar-refractivity contribution is 5.96. The first-order valence-electron chi connectivity index (χ1n) is 6.29. The third-order valence-corrected chi connectivity index (χ3v) is 3.19. The Morgan fingerprint density at radius 3 is 2.55 bits per heavy atom. The Hall–Kier alpha value is -3.14. The van der Waals surface area contributed by atoms with Gasteiger partial charge in [0.2, 0.25) is 0 Å². The number of methoxy groups -OCH3 is 3. The molecule has 0 aliphatic carbocycles. The van der Waals surface area contributed by atoms with Crippen molar-refractivity contribution in [3.8, 4) is 23.3 Å². The summed E-state index contributed by atoms with van der Waals surface area (Å²) in [5, 5.41) is 9.12. The molecule has 7 heteroatoms. The van der Waals surface area contributed by atoms with Gasteiger partial charge in [0.25, 0.3) is 0 Å². The maximum absolute atomic E-state index is 12.0. The van der Waals surface area contributed by atoms with Gasteiger partial charge in [0, 0.05) is 12.3 Å². The van der Waals surface area contributed by atoms with Crippen LogP contribution in [-0.2, 0) is 4.74 Å². The van der Waals surface area contributed by atoms with Crippen molar-refractivity contribution in [1.82, 2.24) is 4.57 Å². The molecule has 2 rings (SSSR count). The van der Waals surface area contributed by atoms with Gasteiger partial charge in [0.1, 0.15) is 17.6 Å². The minimum Gasteiger partial charge on any atom is -0.497 e. The van der Waals surface area contributed by atoms with Gasteiger partial charge in [-0.3, -0.25) is 0 Å². The van der Waals surface area contributed by atoms with Crippen LogP contribution < -0.4 is 15.2 Å². The average Bonchev–Trinajstić information content (AvgIpc) is 2.89. The number of esters is 1. The number of carbonyl (C=O) groups is 1. The highest BCUT2D eigenvalue weighted by Crippen LogP contribution is 2.32. The van der Waals surface area contributed by atoms with Gasteiger partial charge in [-0.25, -0.2) is 4.79 Å². The van der Waals surface area contributed by atoms with Crippen molar-refractivity contribution in [2.24, 2.45) is 0 Å². The lowest BCUT2D eigenvalue weighted by Gasteiger charge is -2.13. The van der Waals surface area contributed by atoms with Crippen LogP contribution in [0.2, 0.25) is 0 Å². The standard InChI is InChI=1S/C15H15N3O4/c1-20-10-4-5-11(12(6-10)21-2)18-8-9(7-16)13(17)14(18)15(19)22-3/h4-6,8H,17H2,1-3H3. The van der Waals surface area contributed by atoms with E-state index in [1.54, 1.807) is 18.2 Å². The van der Waals surface area contributed by atoms with E-state index in [9.17, 15) is 4.79 Å². The van der Waals surface area contributed by atoms with E-state index in [0.29, 0.717) is 17.2 Å². The first kappa shape index (κ1) is 15.3. The number of anilines is 1.